The molecule has 6 heteroatoms. The van der Waals surface area contributed by atoms with Crippen LogP contribution in [-0.2, 0) is 4.74 Å². The highest BCUT2D eigenvalue weighted by Crippen LogP contribution is 2.34. The summed E-state index contributed by atoms with van der Waals surface area (Å²) < 4.78 is 4.68. The van der Waals surface area contributed by atoms with Crippen molar-refractivity contribution in [1.82, 2.24) is 0 Å². The van der Waals surface area contributed by atoms with E-state index in [-0.39, 0.29) is 28.5 Å². The SMILES string of the molecule is CCC(N)(N)C(C)(CC)CC.CCC(N)OC.[B].[B]. The Labute approximate surface area is 124 Å². The third kappa shape index (κ3) is 9.49. The summed E-state index contributed by atoms with van der Waals surface area (Å²) in [6.45, 7) is 10.5. The van der Waals surface area contributed by atoms with Crippen LogP contribution in [0.4, 0.5) is 0 Å². The molecule has 0 bridgehead atoms. The topological polar surface area (TPSA) is 87.3 Å². The second-order valence-corrected chi connectivity index (χ2v) is 4.84. The van der Waals surface area contributed by atoms with E-state index in [1.54, 1.807) is 7.11 Å². The van der Waals surface area contributed by atoms with Crippen LogP contribution < -0.4 is 17.2 Å². The maximum absolute atomic E-state index is 5.99. The van der Waals surface area contributed by atoms with E-state index < -0.39 is 5.66 Å². The Morgan fingerprint density at radius 3 is 1.37 bits per heavy atom. The van der Waals surface area contributed by atoms with Crippen molar-refractivity contribution >= 4 is 16.8 Å². The molecule has 0 saturated carbocycles. The maximum atomic E-state index is 5.99. The van der Waals surface area contributed by atoms with Gasteiger partial charge in [-0.25, -0.2) is 0 Å². The molecule has 6 N–H and O–H groups in total. The van der Waals surface area contributed by atoms with E-state index in [0.717, 1.165) is 25.7 Å². The lowest BCUT2D eigenvalue weighted by Crippen LogP contribution is -2.60. The molecule has 0 spiro atoms. The number of methoxy groups -OCH3 is 1. The Kier molecular flexibility index (Phi) is 18.7. The van der Waals surface area contributed by atoms with Crippen molar-refractivity contribution in [1.29, 1.82) is 0 Å². The summed E-state index contributed by atoms with van der Waals surface area (Å²) in [4.78, 5) is 0. The van der Waals surface area contributed by atoms with Gasteiger partial charge in [0.25, 0.3) is 0 Å². The molecule has 0 aliphatic heterocycles. The molecule has 0 rings (SSSR count). The molecule has 0 aromatic heterocycles. The third-order valence-corrected chi connectivity index (χ3v) is 3.97. The quantitative estimate of drug-likeness (QED) is 0.502. The predicted octanol–water partition coefficient (Wildman–Crippen LogP) is 1.40. The highest BCUT2D eigenvalue weighted by atomic mass is 16.5. The van der Waals surface area contributed by atoms with Crippen molar-refractivity contribution in [3.05, 3.63) is 0 Å². The Morgan fingerprint density at radius 2 is 1.32 bits per heavy atom. The van der Waals surface area contributed by atoms with E-state index in [1.807, 2.05) is 13.8 Å². The lowest BCUT2D eigenvalue weighted by Gasteiger charge is -2.42. The molecule has 6 radical (unpaired) electrons. The number of nitrogens with two attached hydrogens (primary N) is 3. The summed E-state index contributed by atoms with van der Waals surface area (Å²) in [7, 11) is 1.61. The minimum absolute atomic E-state index is 0. The maximum Gasteiger partial charge on any atom is 0.104 e. The van der Waals surface area contributed by atoms with Crippen molar-refractivity contribution in [2.24, 2.45) is 22.6 Å². The number of hydrogen-bond acceptors (Lipinski definition) is 4. The molecule has 0 aliphatic carbocycles. The van der Waals surface area contributed by atoms with E-state index in [2.05, 4.69) is 25.5 Å². The second-order valence-electron chi connectivity index (χ2n) is 4.84. The summed E-state index contributed by atoms with van der Waals surface area (Å²) in [5.74, 6) is 0. The molecule has 0 amide bonds. The van der Waals surface area contributed by atoms with Gasteiger partial charge < -0.3 is 21.9 Å². The average molecular weight is 269 g/mol. The molecule has 19 heavy (non-hydrogen) atoms. The Bertz CT molecular complexity index is 185. The van der Waals surface area contributed by atoms with Gasteiger partial charge in [-0.2, -0.15) is 0 Å². The molecule has 0 aliphatic rings. The van der Waals surface area contributed by atoms with Crippen molar-refractivity contribution in [3.63, 3.8) is 0 Å². The van der Waals surface area contributed by atoms with Crippen molar-refractivity contribution in [2.45, 2.75) is 72.2 Å². The zero-order valence-electron chi connectivity index (χ0n) is 13.7. The van der Waals surface area contributed by atoms with E-state index >= 15 is 0 Å². The van der Waals surface area contributed by atoms with Crippen molar-refractivity contribution in [3.8, 4) is 0 Å². The molecule has 1 unspecified atom stereocenters. The third-order valence-electron chi connectivity index (χ3n) is 3.97. The van der Waals surface area contributed by atoms with Crippen LogP contribution in [0.3, 0.4) is 0 Å². The van der Waals surface area contributed by atoms with Gasteiger partial charge in [0.05, 0.1) is 5.66 Å². The van der Waals surface area contributed by atoms with Crippen molar-refractivity contribution < 1.29 is 4.74 Å². The van der Waals surface area contributed by atoms with Crippen LogP contribution in [0.5, 0.6) is 0 Å². The summed E-state index contributed by atoms with van der Waals surface area (Å²) >= 11 is 0. The van der Waals surface area contributed by atoms with Crippen LogP contribution in [0, 0.1) is 5.41 Å². The molecule has 0 fully saturated rings. The van der Waals surface area contributed by atoms with Gasteiger partial charge >= 0.3 is 0 Å². The van der Waals surface area contributed by atoms with Gasteiger partial charge in [-0.15, -0.1) is 0 Å². The first-order valence-corrected chi connectivity index (χ1v) is 6.60. The fourth-order valence-corrected chi connectivity index (χ4v) is 1.50. The van der Waals surface area contributed by atoms with E-state index in [0.29, 0.717) is 0 Å². The highest BCUT2D eigenvalue weighted by molar-refractivity contribution is 5.76. The molecular weight excluding hydrogens is 236 g/mol. The first-order chi connectivity index (χ1) is 7.74. The number of rotatable bonds is 6. The van der Waals surface area contributed by atoms with Crippen LogP contribution >= 0.6 is 0 Å². The van der Waals surface area contributed by atoms with Gasteiger partial charge in [-0.1, -0.05) is 34.6 Å². The van der Waals surface area contributed by atoms with Gasteiger partial charge in [0, 0.05) is 23.9 Å². The molecule has 0 aromatic rings. The Hall–Kier alpha value is -0.0301. The fourth-order valence-electron chi connectivity index (χ4n) is 1.50. The fraction of sp³-hybridized carbons (Fsp3) is 1.00. The van der Waals surface area contributed by atoms with Gasteiger partial charge in [0.1, 0.15) is 6.23 Å². The molecule has 1 atom stereocenters. The van der Waals surface area contributed by atoms with Gasteiger partial charge in [0.15, 0.2) is 0 Å². The van der Waals surface area contributed by atoms with E-state index in [9.17, 15) is 0 Å². The van der Waals surface area contributed by atoms with Gasteiger partial charge in [0.2, 0.25) is 0 Å². The zero-order valence-corrected chi connectivity index (χ0v) is 13.7. The minimum atomic E-state index is -0.503. The first-order valence-electron chi connectivity index (χ1n) is 6.60. The lowest BCUT2D eigenvalue weighted by molar-refractivity contribution is 0.105. The lowest BCUT2D eigenvalue weighted by atomic mass is 9.72. The first kappa shape index (κ1) is 27.3. The molecule has 0 heterocycles. The van der Waals surface area contributed by atoms with Gasteiger partial charge in [-0.05, 0) is 31.1 Å². The molecule has 4 nitrogen and oxygen atoms in total. The van der Waals surface area contributed by atoms with Crippen LogP contribution in [0.15, 0.2) is 0 Å². The molecule has 112 valence electrons. The summed E-state index contributed by atoms with van der Waals surface area (Å²) in [6, 6.07) is 0. The smallest absolute Gasteiger partial charge is 0.104 e. The molecular formula is C13H33B2N3O. The van der Waals surface area contributed by atoms with Crippen molar-refractivity contribution in [2.75, 3.05) is 7.11 Å². The summed E-state index contributed by atoms with van der Waals surface area (Å²) in [6.07, 6.45) is 3.75. The van der Waals surface area contributed by atoms with E-state index in [4.69, 9.17) is 17.2 Å². The number of hydrogen-bond donors (Lipinski definition) is 3. The summed E-state index contributed by atoms with van der Waals surface area (Å²) in [5, 5.41) is 0. The molecule has 0 aromatic carbocycles. The second kappa shape index (κ2) is 13.0. The van der Waals surface area contributed by atoms with Crippen LogP contribution in [-0.4, -0.2) is 35.8 Å². The Morgan fingerprint density at radius 1 is 0.947 bits per heavy atom. The standard InChI is InChI=1S/C9H22N2.C4H11NO.2B/c1-5-8(4,6-2)9(10,11)7-3;1-3-4(5)6-2;;/h5-7,10-11H2,1-4H3;4H,3,5H2,1-2H3;;. The zero-order chi connectivity index (χ0) is 14.1. The number of ether oxygens (including phenoxy) is 1. The molecule has 0 saturated heterocycles. The average Bonchev–Trinajstić information content (AvgIpc) is 2.36. The monoisotopic (exact) mass is 269 g/mol. The Balaban J connectivity index is -0.000000123. The largest absolute Gasteiger partial charge is 0.367 e. The highest BCUT2D eigenvalue weighted by Gasteiger charge is 2.37. The summed E-state index contributed by atoms with van der Waals surface area (Å²) in [5.41, 5.74) is 16.8. The van der Waals surface area contributed by atoms with E-state index in [1.165, 1.54) is 0 Å². The van der Waals surface area contributed by atoms with Crippen LogP contribution in [0.25, 0.3) is 0 Å². The normalized spacial score (nSPS) is 12.5. The van der Waals surface area contributed by atoms with Crippen LogP contribution in [0.1, 0.15) is 60.3 Å². The minimum Gasteiger partial charge on any atom is -0.367 e. The predicted molar refractivity (Wildman–Crippen MR) is 86.9 cm³/mol. The van der Waals surface area contributed by atoms with Gasteiger partial charge in [-0.3, -0.25) is 0 Å². The van der Waals surface area contributed by atoms with Crippen LogP contribution in [0.2, 0.25) is 0 Å².